The molecule has 0 spiro atoms. The van der Waals surface area contributed by atoms with Crippen LogP contribution < -0.4 is 10.4 Å². The molecule has 0 N–H and O–H groups in total. The molecule has 1 rings (SSSR count). The Kier molecular flexibility index (Phi) is 2.87. The van der Waals surface area contributed by atoms with Gasteiger partial charge in [-0.1, -0.05) is 29.8 Å². The van der Waals surface area contributed by atoms with Crippen LogP contribution in [0.25, 0.3) is 11.1 Å². The van der Waals surface area contributed by atoms with Crippen molar-refractivity contribution in [3.63, 3.8) is 0 Å². The molecule has 0 aromatic heterocycles. The molecule has 0 atom stereocenters. The maximum Gasteiger partial charge on any atom is 0.0950 e. The molecule has 1 nitrogen and oxygen atoms in total. The largest absolute Gasteiger partial charge is 0.193 e. The van der Waals surface area contributed by atoms with Crippen LogP contribution in [0.15, 0.2) is 24.3 Å². The summed E-state index contributed by atoms with van der Waals surface area (Å²) in [5.74, 6) is 0. The monoisotopic (exact) mass is 171 g/mol. The first-order valence-electron chi connectivity index (χ1n) is 4.30. The molecule has 0 unspecified atom stereocenters. The molecule has 0 heterocycles. The van der Waals surface area contributed by atoms with Crippen LogP contribution in [0, 0.1) is 11.3 Å². The van der Waals surface area contributed by atoms with Crippen molar-refractivity contribution in [1.29, 1.82) is 5.26 Å². The minimum atomic E-state index is 0.775. The Morgan fingerprint density at radius 2 is 1.62 bits per heavy atom. The Balaban J connectivity index is 3.80. The summed E-state index contributed by atoms with van der Waals surface area (Å²) in [6.45, 7) is 5.97. The molecule has 0 fully saturated rings. The smallest absolute Gasteiger partial charge is 0.0950 e. The molecule has 0 saturated carbocycles. The Bertz CT molecular complexity index is 457. The molecule has 0 bridgehead atoms. The molecule has 66 valence electrons. The van der Waals surface area contributed by atoms with E-state index in [1.807, 2.05) is 31.2 Å². The van der Waals surface area contributed by atoms with Gasteiger partial charge in [-0.25, -0.2) is 0 Å². The molecule has 0 aliphatic carbocycles. The summed E-state index contributed by atoms with van der Waals surface area (Å²) in [7, 11) is 0. The molecule has 0 amide bonds. The van der Waals surface area contributed by atoms with Gasteiger partial charge in [0.1, 0.15) is 0 Å². The van der Waals surface area contributed by atoms with E-state index < -0.39 is 0 Å². The number of hydrogen-bond acceptors (Lipinski definition) is 1. The third-order valence-corrected chi connectivity index (χ3v) is 2.04. The molecule has 1 aromatic rings. The van der Waals surface area contributed by atoms with Gasteiger partial charge in [0.2, 0.25) is 0 Å². The lowest BCUT2D eigenvalue weighted by atomic mass is 10.1. The molecule has 0 aliphatic heterocycles. The normalized spacial score (nSPS) is 11.8. The van der Waals surface area contributed by atoms with Gasteiger partial charge in [0, 0.05) is 5.57 Å². The lowest BCUT2D eigenvalue weighted by molar-refractivity contribution is 1.40. The van der Waals surface area contributed by atoms with Crippen LogP contribution in [0.5, 0.6) is 0 Å². The highest BCUT2D eigenvalue weighted by Crippen LogP contribution is 1.87. The van der Waals surface area contributed by atoms with Gasteiger partial charge in [0.05, 0.1) is 6.07 Å². The third-order valence-electron chi connectivity index (χ3n) is 2.04. The first-order valence-corrected chi connectivity index (χ1v) is 4.30. The van der Waals surface area contributed by atoms with Crippen molar-refractivity contribution in [3.8, 4) is 6.07 Å². The first-order chi connectivity index (χ1) is 6.16. The highest BCUT2D eigenvalue weighted by molar-refractivity contribution is 5.58. The van der Waals surface area contributed by atoms with Gasteiger partial charge in [-0.2, -0.15) is 5.26 Å². The van der Waals surface area contributed by atoms with E-state index in [1.54, 1.807) is 0 Å². The van der Waals surface area contributed by atoms with E-state index >= 15 is 0 Å². The number of rotatable bonds is 0. The van der Waals surface area contributed by atoms with Crippen LogP contribution in [0.1, 0.15) is 20.8 Å². The molecule has 0 aliphatic rings. The zero-order valence-corrected chi connectivity index (χ0v) is 8.26. The van der Waals surface area contributed by atoms with Gasteiger partial charge < -0.3 is 0 Å². The molecular weight excluding hydrogens is 158 g/mol. The van der Waals surface area contributed by atoms with Crippen LogP contribution >= 0.6 is 0 Å². The summed E-state index contributed by atoms with van der Waals surface area (Å²) in [5.41, 5.74) is 2.02. The molecule has 1 aromatic carbocycles. The van der Waals surface area contributed by atoms with Crippen molar-refractivity contribution in [1.82, 2.24) is 0 Å². The van der Waals surface area contributed by atoms with Crippen molar-refractivity contribution in [2.75, 3.05) is 0 Å². The van der Waals surface area contributed by atoms with E-state index in [9.17, 15) is 0 Å². The lowest BCUT2D eigenvalue weighted by Crippen LogP contribution is -2.26. The first kappa shape index (κ1) is 9.54. The van der Waals surface area contributed by atoms with Crippen molar-refractivity contribution < 1.29 is 0 Å². The summed E-state index contributed by atoms with van der Waals surface area (Å²) in [6, 6.07) is 10.2. The summed E-state index contributed by atoms with van der Waals surface area (Å²) < 4.78 is 0. The van der Waals surface area contributed by atoms with E-state index in [0.29, 0.717) is 0 Å². The number of nitriles is 1. The average molecular weight is 171 g/mol. The fourth-order valence-corrected chi connectivity index (χ4v) is 1.31. The maximum absolute atomic E-state index is 8.80. The Hall–Kier alpha value is -1.55. The summed E-state index contributed by atoms with van der Waals surface area (Å²) in [6.07, 6.45) is 0. The standard InChI is InChI=1S/C12H13N/c1-9(2)11-6-4-5-7-12(11)10(3)8-13/h4-7H,1-3H3/b12-10+. The highest BCUT2D eigenvalue weighted by Gasteiger charge is 1.91. The van der Waals surface area contributed by atoms with Crippen molar-refractivity contribution in [2.24, 2.45) is 0 Å². The van der Waals surface area contributed by atoms with Crippen LogP contribution in [0.4, 0.5) is 0 Å². The SMILES string of the molecule is CC(C)=c1cccc/c1=C(/C)C#N. The minimum absolute atomic E-state index is 0.775. The molecule has 0 radical (unpaired) electrons. The molecule has 13 heavy (non-hydrogen) atoms. The van der Waals surface area contributed by atoms with E-state index in [4.69, 9.17) is 5.26 Å². The highest BCUT2D eigenvalue weighted by atomic mass is 14.2. The summed E-state index contributed by atoms with van der Waals surface area (Å²) in [4.78, 5) is 0. The third kappa shape index (κ3) is 1.97. The Morgan fingerprint density at radius 1 is 1.08 bits per heavy atom. The van der Waals surface area contributed by atoms with Crippen molar-refractivity contribution in [2.45, 2.75) is 20.8 Å². The number of benzene rings is 1. The quantitative estimate of drug-likeness (QED) is 0.581. The lowest BCUT2D eigenvalue weighted by Gasteiger charge is -1.94. The van der Waals surface area contributed by atoms with Gasteiger partial charge in [0.25, 0.3) is 0 Å². The van der Waals surface area contributed by atoms with E-state index in [-0.39, 0.29) is 0 Å². The van der Waals surface area contributed by atoms with E-state index in [2.05, 4.69) is 19.9 Å². The average Bonchev–Trinajstić information content (AvgIpc) is 2.16. The summed E-state index contributed by atoms with van der Waals surface area (Å²) >= 11 is 0. The molecule has 0 saturated heterocycles. The zero-order valence-electron chi connectivity index (χ0n) is 8.26. The van der Waals surface area contributed by atoms with Gasteiger partial charge in [-0.15, -0.1) is 0 Å². The van der Waals surface area contributed by atoms with Gasteiger partial charge in [0.15, 0.2) is 0 Å². The van der Waals surface area contributed by atoms with Crippen LogP contribution in [-0.4, -0.2) is 0 Å². The summed E-state index contributed by atoms with van der Waals surface area (Å²) in [5, 5.41) is 11.0. The van der Waals surface area contributed by atoms with E-state index in [0.717, 1.165) is 10.8 Å². The second-order valence-electron chi connectivity index (χ2n) is 3.28. The van der Waals surface area contributed by atoms with Crippen LogP contribution in [-0.2, 0) is 0 Å². The van der Waals surface area contributed by atoms with Crippen LogP contribution in [0.3, 0.4) is 0 Å². The maximum atomic E-state index is 8.80. The number of nitrogens with zero attached hydrogens (tertiary/aromatic N) is 1. The molecule has 1 heteroatoms. The fourth-order valence-electron chi connectivity index (χ4n) is 1.31. The second kappa shape index (κ2) is 3.91. The second-order valence-corrected chi connectivity index (χ2v) is 3.28. The fraction of sp³-hybridized carbons (Fsp3) is 0.250. The topological polar surface area (TPSA) is 23.8 Å². The Labute approximate surface area is 78.6 Å². The van der Waals surface area contributed by atoms with E-state index in [1.165, 1.54) is 10.8 Å². The number of hydrogen-bond donors (Lipinski definition) is 0. The predicted molar refractivity (Wildman–Crippen MR) is 55.1 cm³/mol. The molecular formula is C12H13N. The Morgan fingerprint density at radius 3 is 2.08 bits per heavy atom. The van der Waals surface area contributed by atoms with Crippen LogP contribution in [0.2, 0.25) is 0 Å². The van der Waals surface area contributed by atoms with Gasteiger partial charge in [-0.3, -0.25) is 0 Å². The van der Waals surface area contributed by atoms with Crippen molar-refractivity contribution in [3.05, 3.63) is 34.7 Å². The predicted octanol–water partition coefficient (Wildman–Crippen LogP) is 1.57. The van der Waals surface area contributed by atoms with Gasteiger partial charge in [-0.05, 0) is 31.2 Å². The van der Waals surface area contributed by atoms with Gasteiger partial charge >= 0.3 is 0 Å². The minimum Gasteiger partial charge on any atom is -0.193 e. The van der Waals surface area contributed by atoms with Crippen molar-refractivity contribution >= 4 is 11.1 Å². The zero-order chi connectivity index (χ0) is 9.84.